The van der Waals surface area contributed by atoms with Gasteiger partial charge in [0.15, 0.2) is 0 Å². The van der Waals surface area contributed by atoms with E-state index in [2.05, 4.69) is 29.0 Å². The first-order valence-corrected chi connectivity index (χ1v) is 11.5. The Kier molecular flexibility index (Phi) is 8.45. The average Bonchev–Trinajstić information content (AvgIpc) is 3.36. The van der Waals surface area contributed by atoms with Crippen molar-refractivity contribution in [2.24, 2.45) is 5.73 Å². The fourth-order valence-electron chi connectivity index (χ4n) is 3.85. The Morgan fingerprint density at radius 2 is 1.88 bits per heavy atom. The molecule has 3 aromatic rings. The van der Waals surface area contributed by atoms with E-state index < -0.39 is 5.97 Å². The van der Waals surface area contributed by atoms with E-state index in [-0.39, 0.29) is 11.5 Å². The van der Waals surface area contributed by atoms with Crippen molar-refractivity contribution in [3.63, 3.8) is 0 Å². The van der Waals surface area contributed by atoms with Gasteiger partial charge in [-0.15, -0.1) is 0 Å². The third-order valence-electron chi connectivity index (χ3n) is 5.54. The van der Waals surface area contributed by atoms with E-state index in [4.69, 9.17) is 10.5 Å². The number of aromatic amines is 1. The number of carboxylic acids is 1. The predicted molar refractivity (Wildman–Crippen MR) is 136 cm³/mol. The van der Waals surface area contributed by atoms with Crippen LogP contribution in [0.5, 0.6) is 5.75 Å². The van der Waals surface area contributed by atoms with Crippen molar-refractivity contribution in [3.8, 4) is 5.75 Å². The molecule has 0 saturated carbocycles. The van der Waals surface area contributed by atoms with Gasteiger partial charge in [0.2, 0.25) is 0 Å². The molecule has 2 aromatic carbocycles. The van der Waals surface area contributed by atoms with Crippen LogP contribution in [-0.4, -0.2) is 59.7 Å². The molecule has 8 nitrogen and oxygen atoms in total. The van der Waals surface area contributed by atoms with Crippen LogP contribution in [0.4, 0.5) is 5.69 Å². The van der Waals surface area contributed by atoms with Gasteiger partial charge in [-0.05, 0) is 62.1 Å². The molecule has 0 bridgehead atoms. The number of ether oxygens (including phenoxy) is 1. The van der Waals surface area contributed by atoms with Crippen molar-refractivity contribution < 1.29 is 19.4 Å². The summed E-state index contributed by atoms with van der Waals surface area (Å²) in [5.74, 6) is -0.597. The Bertz CT molecular complexity index is 1190. The minimum absolute atomic E-state index is 0.0992. The number of carbonyl (C=O) groups is 2. The van der Waals surface area contributed by atoms with Crippen LogP contribution in [0, 0.1) is 0 Å². The maximum absolute atomic E-state index is 12.5. The maximum Gasteiger partial charge on any atom is 0.336 e. The maximum atomic E-state index is 12.5. The lowest BCUT2D eigenvalue weighted by atomic mass is 9.99. The van der Waals surface area contributed by atoms with Gasteiger partial charge in [0, 0.05) is 34.4 Å². The van der Waals surface area contributed by atoms with E-state index in [0.717, 1.165) is 42.8 Å². The summed E-state index contributed by atoms with van der Waals surface area (Å²) >= 11 is 0. The zero-order valence-corrected chi connectivity index (χ0v) is 19.9. The summed E-state index contributed by atoms with van der Waals surface area (Å²) in [4.78, 5) is 29.7. The molecule has 5 N–H and O–H groups in total. The number of nitrogens with two attached hydrogens (primary N) is 1. The average molecular weight is 465 g/mol. The minimum Gasteiger partial charge on any atom is -0.492 e. The van der Waals surface area contributed by atoms with Crippen LogP contribution in [0.2, 0.25) is 0 Å². The standard InChI is InChI=1S/C24H25N3O4.C2H7N/c1-3-27(4-2)10-11-31-17-8-9-20-15(13-17)12-16(25-20)14-19-22-18(24(29)30)6-5-7-21(22)26-23(19)28;1-2-3/h5-9,12-14,25H,3-4,10-11H2,1-2H3,(H,26,28)(H,29,30);2-3H2,1H3. The van der Waals surface area contributed by atoms with Crippen LogP contribution in [0.3, 0.4) is 0 Å². The summed E-state index contributed by atoms with van der Waals surface area (Å²) in [6, 6.07) is 12.6. The highest BCUT2D eigenvalue weighted by Gasteiger charge is 2.29. The lowest BCUT2D eigenvalue weighted by molar-refractivity contribution is -0.110. The molecule has 0 fully saturated rings. The number of amides is 1. The molecule has 34 heavy (non-hydrogen) atoms. The first-order valence-electron chi connectivity index (χ1n) is 11.5. The molecule has 0 aliphatic carbocycles. The normalized spacial score (nSPS) is 13.6. The molecule has 1 amide bonds. The number of carboxylic acid groups (broad SMARTS) is 1. The van der Waals surface area contributed by atoms with Gasteiger partial charge in [-0.25, -0.2) is 4.79 Å². The number of aromatic carboxylic acids is 1. The number of H-pyrrole nitrogens is 1. The van der Waals surface area contributed by atoms with E-state index in [1.165, 1.54) is 6.07 Å². The van der Waals surface area contributed by atoms with Crippen molar-refractivity contribution in [1.82, 2.24) is 9.88 Å². The van der Waals surface area contributed by atoms with Crippen molar-refractivity contribution in [1.29, 1.82) is 0 Å². The Morgan fingerprint density at radius 1 is 1.15 bits per heavy atom. The van der Waals surface area contributed by atoms with Gasteiger partial charge < -0.3 is 30.8 Å². The van der Waals surface area contributed by atoms with Crippen molar-refractivity contribution in [2.75, 3.05) is 38.1 Å². The van der Waals surface area contributed by atoms with Gasteiger partial charge in [0.25, 0.3) is 5.91 Å². The number of aromatic nitrogens is 1. The minimum atomic E-state index is -1.07. The molecule has 180 valence electrons. The fraction of sp³-hybridized carbons (Fsp3) is 0.308. The first-order chi connectivity index (χ1) is 16.4. The van der Waals surface area contributed by atoms with Crippen molar-refractivity contribution in [3.05, 3.63) is 59.3 Å². The highest BCUT2D eigenvalue weighted by Crippen LogP contribution is 2.36. The number of carbonyl (C=O) groups excluding carboxylic acids is 1. The molecule has 1 aliphatic heterocycles. The largest absolute Gasteiger partial charge is 0.492 e. The summed E-state index contributed by atoms with van der Waals surface area (Å²) < 4.78 is 5.90. The zero-order chi connectivity index (χ0) is 24.7. The second-order valence-electron chi connectivity index (χ2n) is 7.80. The Balaban J connectivity index is 0.00000103. The number of hydrogen-bond donors (Lipinski definition) is 4. The molecule has 2 heterocycles. The number of benzene rings is 2. The van der Waals surface area contributed by atoms with Gasteiger partial charge in [-0.3, -0.25) is 4.79 Å². The molecule has 0 saturated heterocycles. The summed E-state index contributed by atoms with van der Waals surface area (Å²) in [5, 5.41) is 13.2. The summed E-state index contributed by atoms with van der Waals surface area (Å²) in [6.45, 7) is 10.4. The third kappa shape index (κ3) is 5.65. The van der Waals surface area contributed by atoms with E-state index in [1.54, 1.807) is 18.2 Å². The molecule has 0 radical (unpaired) electrons. The molecular formula is C26H32N4O4. The molecule has 4 rings (SSSR count). The van der Waals surface area contributed by atoms with Gasteiger partial charge in [0.1, 0.15) is 12.4 Å². The number of nitrogens with zero attached hydrogens (tertiary/aromatic N) is 1. The van der Waals surface area contributed by atoms with Crippen LogP contribution >= 0.6 is 0 Å². The molecule has 0 unspecified atom stereocenters. The zero-order valence-electron chi connectivity index (χ0n) is 19.9. The number of anilines is 1. The second-order valence-corrected chi connectivity index (χ2v) is 7.80. The van der Waals surface area contributed by atoms with Crippen LogP contribution in [0.15, 0.2) is 42.5 Å². The van der Waals surface area contributed by atoms with Crippen LogP contribution in [0.1, 0.15) is 42.4 Å². The highest BCUT2D eigenvalue weighted by atomic mass is 16.5. The topological polar surface area (TPSA) is 121 Å². The number of hydrogen-bond acceptors (Lipinski definition) is 5. The van der Waals surface area contributed by atoms with Gasteiger partial charge in [0.05, 0.1) is 11.1 Å². The lowest BCUT2D eigenvalue weighted by Gasteiger charge is -2.17. The molecule has 0 atom stereocenters. The number of rotatable bonds is 8. The van der Waals surface area contributed by atoms with Crippen LogP contribution in [-0.2, 0) is 4.79 Å². The summed E-state index contributed by atoms with van der Waals surface area (Å²) in [7, 11) is 0. The quantitative estimate of drug-likeness (QED) is 0.373. The summed E-state index contributed by atoms with van der Waals surface area (Å²) in [5.41, 5.74) is 7.83. The van der Waals surface area contributed by atoms with Crippen LogP contribution in [0.25, 0.3) is 22.6 Å². The SMILES string of the molecule is CCN.CCN(CC)CCOc1ccc2[nH]c(C=C3C(=O)Nc4cccc(C(=O)O)c43)cc2c1. The smallest absolute Gasteiger partial charge is 0.336 e. The Labute approximate surface area is 199 Å². The molecular weight excluding hydrogens is 432 g/mol. The molecule has 1 aromatic heterocycles. The van der Waals surface area contributed by atoms with Crippen molar-refractivity contribution in [2.45, 2.75) is 20.8 Å². The van der Waals surface area contributed by atoms with Gasteiger partial charge >= 0.3 is 5.97 Å². The number of fused-ring (bicyclic) bond motifs is 2. The third-order valence-corrected chi connectivity index (χ3v) is 5.54. The summed E-state index contributed by atoms with van der Waals surface area (Å²) in [6.07, 6.45) is 1.69. The van der Waals surface area contributed by atoms with E-state index >= 15 is 0 Å². The molecule has 0 spiro atoms. The predicted octanol–water partition coefficient (Wildman–Crippen LogP) is 4.04. The van der Waals surface area contributed by atoms with Gasteiger partial charge in [-0.1, -0.05) is 26.8 Å². The molecule has 8 heteroatoms. The number of likely N-dealkylation sites (N-methyl/N-ethyl adjacent to an activating group) is 1. The lowest BCUT2D eigenvalue weighted by Crippen LogP contribution is -2.27. The Morgan fingerprint density at radius 3 is 2.56 bits per heavy atom. The highest BCUT2D eigenvalue weighted by molar-refractivity contribution is 6.36. The Hall–Kier alpha value is -3.62. The van der Waals surface area contributed by atoms with Crippen molar-refractivity contribution >= 4 is 40.1 Å². The van der Waals surface area contributed by atoms with E-state index in [0.29, 0.717) is 29.1 Å². The van der Waals surface area contributed by atoms with E-state index in [9.17, 15) is 14.7 Å². The fourth-order valence-corrected chi connectivity index (χ4v) is 3.85. The monoisotopic (exact) mass is 464 g/mol. The van der Waals surface area contributed by atoms with E-state index in [1.807, 2.05) is 31.2 Å². The van der Waals surface area contributed by atoms with Gasteiger partial charge in [-0.2, -0.15) is 0 Å². The van der Waals surface area contributed by atoms with Crippen LogP contribution < -0.4 is 15.8 Å². The number of nitrogens with one attached hydrogen (secondary N) is 2. The first kappa shape index (κ1) is 25.0. The second kappa shape index (κ2) is 11.5. The molecule has 1 aliphatic rings.